The minimum absolute atomic E-state index is 0.0536. The molecule has 1 aliphatic rings. The first-order valence-electron chi connectivity index (χ1n) is 10.9. The number of hydrogen-bond donors (Lipinski definition) is 0. The Morgan fingerprint density at radius 1 is 0.971 bits per heavy atom. The number of carbonyl (C=O) groups excluding carboxylic acids is 1. The van der Waals surface area contributed by atoms with Gasteiger partial charge in [0.15, 0.2) is 11.6 Å². The number of pyridine rings is 2. The molecule has 176 valence electrons. The molecule has 2 aromatic carbocycles. The van der Waals surface area contributed by atoms with Crippen LogP contribution in [0, 0.1) is 12.7 Å². The van der Waals surface area contributed by atoms with E-state index in [2.05, 4.69) is 9.97 Å². The van der Waals surface area contributed by atoms with Crippen molar-refractivity contribution in [2.24, 2.45) is 0 Å². The van der Waals surface area contributed by atoms with Crippen LogP contribution in [0.3, 0.4) is 0 Å². The van der Waals surface area contributed by atoms with Crippen molar-refractivity contribution in [2.75, 3.05) is 0 Å². The summed E-state index contributed by atoms with van der Waals surface area (Å²) in [6, 6.07) is 16.5. The molecule has 0 saturated carbocycles. The van der Waals surface area contributed by atoms with Crippen molar-refractivity contribution < 1.29 is 22.7 Å². The van der Waals surface area contributed by atoms with Gasteiger partial charge in [-0.3, -0.25) is 9.78 Å². The molecule has 5 nitrogen and oxygen atoms in total. The van der Waals surface area contributed by atoms with Gasteiger partial charge in [-0.25, -0.2) is 18.2 Å². The van der Waals surface area contributed by atoms with E-state index in [1.165, 1.54) is 6.20 Å². The highest BCUT2D eigenvalue weighted by atomic mass is 19.3. The van der Waals surface area contributed by atoms with Crippen LogP contribution < -0.4 is 4.74 Å². The molecular formula is C27H20F3N3O2. The predicted molar refractivity (Wildman–Crippen MR) is 124 cm³/mol. The number of carbonyl (C=O) groups is 1. The van der Waals surface area contributed by atoms with Crippen LogP contribution in [0.5, 0.6) is 11.6 Å². The standard InChI is InChI=1S/C27H20F3N3O2/c1-16-12-19(8-10-31-16)18-4-2-17(3-5-18)14-33-15-21-9-11-32-26(24(21)27(33)34)35-23-7-6-20(25(29)30)13-22(23)28/h2-13,25H,14-15H2,1H3. The van der Waals surface area contributed by atoms with Gasteiger partial charge in [0.1, 0.15) is 5.56 Å². The Hall–Kier alpha value is -4.20. The van der Waals surface area contributed by atoms with E-state index < -0.39 is 17.8 Å². The van der Waals surface area contributed by atoms with Crippen molar-refractivity contribution in [3.05, 3.63) is 107 Å². The van der Waals surface area contributed by atoms with E-state index >= 15 is 0 Å². The fraction of sp³-hybridized carbons (Fsp3) is 0.148. The number of amides is 1. The lowest BCUT2D eigenvalue weighted by Crippen LogP contribution is -2.23. The Balaban J connectivity index is 1.33. The van der Waals surface area contributed by atoms with E-state index in [0.29, 0.717) is 24.7 Å². The second kappa shape index (κ2) is 9.21. The average molecular weight is 475 g/mol. The number of benzene rings is 2. The van der Waals surface area contributed by atoms with Gasteiger partial charge in [-0.1, -0.05) is 24.3 Å². The van der Waals surface area contributed by atoms with Crippen molar-refractivity contribution in [3.63, 3.8) is 0 Å². The number of halogens is 3. The third kappa shape index (κ3) is 4.59. The summed E-state index contributed by atoms with van der Waals surface area (Å²) in [5.74, 6) is -1.57. The highest BCUT2D eigenvalue weighted by Crippen LogP contribution is 2.34. The second-order valence-electron chi connectivity index (χ2n) is 8.29. The molecule has 0 atom stereocenters. The number of rotatable bonds is 6. The summed E-state index contributed by atoms with van der Waals surface area (Å²) in [7, 11) is 0. The van der Waals surface area contributed by atoms with Crippen LogP contribution >= 0.6 is 0 Å². The number of nitrogens with zero attached hydrogens (tertiary/aromatic N) is 3. The SMILES string of the molecule is Cc1cc(-c2ccc(CN3Cc4ccnc(Oc5ccc(C(F)F)cc5F)c4C3=O)cc2)ccn1. The van der Waals surface area contributed by atoms with E-state index in [0.717, 1.165) is 34.5 Å². The first-order chi connectivity index (χ1) is 16.9. The van der Waals surface area contributed by atoms with Crippen molar-refractivity contribution in [1.82, 2.24) is 14.9 Å². The maximum atomic E-state index is 14.3. The Labute approximate surface area is 199 Å². The molecule has 0 bridgehead atoms. The normalized spacial score (nSPS) is 12.8. The van der Waals surface area contributed by atoms with Gasteiger partial charge in [0, 0.05) is 36.7 Å². The number of alkyl halides is 2. The third-order valence-electron chi connectivity index (χ3n) is 5.84. The molecule has 0 spiro atoms. The molecule has 0 N–H and O–H groups in total. The van der Waals surface area contributed by atoms with Gasteiger partial charge in [0.2, 0.25) is 5.88 Å². The number of ether oxygens (including phenoxy) is 1. The van der Waals surface area contributed by atoms with Gasteiger partial charge in [-0.05, 0) is 65.6 Å². The first-order valence-corrected chi connectivity index (χ1v) is 10.9. The summed E-state index contributed by atoms with van der Waals surface area (Å²) in [6.07, 6.45) is 0.448. The van der Waals surface area contributed by atoms with Gasteiger partial charge in [-0.2, -0.15) is 0 Å². The summed E-state index contributed by atoms with van der Waals surface area (Å²) in [4.78, 5) is 23.1. The van der Waals surface area contributed by atoms with Crippen LogP contribution in [-0.4, -0.2) is 20.8 Å². The average Bonchev–Trinajstić information content (AvgIpc) is 3.16. The molecule has 4 aromatic rings. The van der Waals surface area contributed by atoms with Crippen LogP contribution in [0.1, 0.15) is 39.2 Å². The van der Waals surface area contributed by atoms with Crippen LogP contribution in [-0.2, 0) is 13.1 Å². The molecule has 8 heteroatoms. The fourth-order valence-corrected chi connectivity index (χ4v) is 4.07. The van der Waals surface area contributed by atoms with Gasteiger partial charge in [0.05, 0.1) is 0 Å². The highest BCUT2D eigenvalue weighted by molar-refractivity contribution is 6.00. The van der Waals surface area contributed by atoms with Crippen LogP contribution in [0.25, 0.3) is 11.1 Å². The number of aromatic nitrogens is 2. The molecule has 0 saturated heterocycles. The van der Waals surface area contributed by atoms with Crippen LogP contribution in [0.15, 0.2) is 73.1 Å². The van der Waals surface area contributed by atoms with Crippen molar-refractivity contribution in [1.29, 1.82) is 0 Å². The summed E-state index contributed by atoms with van der Waals surface area (Å²) in [5, 5.41) is 0. The van der Waals surface area contributed by atoms with E-state index in [-0.39, 0.29) is 23.1 Å². The van der Waals surface area contributed by atoms with Crippen LogP contribution in [0.4, 0.5) is 13.2 Å². The van der Waals surface area contributed by atoms with Gasteiger partial charge in [-0.15, -0.1) is 0 Å². The molecule has 0 radical (unpaired) electrons. The van der Waals surface area contributed by atoms with E-state index in [1.54, 1.807) is 17.2 Å². The van der Waals surface area contributed by atoms with E-state index in [1.807, 2.05) is 43.3 Å². The lowest BCUT2D eigenvalue weighted by molar-refractivity contribution is 0.0764. The third-order valence-corrected chi connectivity index (χ3v) is 5.84. The molecule has 3 heterocycles. The zero-order valence-corrected chi connectivity index (χ0v) is 18.7. The molecule has 5 rings (SSSR count). The summed E-state index contributed by atoms with van der Waals surface area (Å²) in [6.45, 7) is 2.67. The van der Waals surface area contributed by atoms with Crippen molar-refractivity contribution in [2.45, 2.75) is 26.4 Å². The monoisotopic (exact) mass is 475 g/mol. The zero-order valence-electron chi connectivity index (χ0n) is 18.7. The Bertz CT molecular complexity index is 1410. The minimum atomic E-state index is -2.80. The molecule has 1 amide bonds. The summed E-state index contributed by atoms with van der Waals surface area (Å²) in [5.41, 5.74) is 4.49. The Morgan fingerprint density at radius 3 is 2.46 bits per heavy atom. The topological polar surface area (TPSA) is 55.3 Å². The molecule has 2 aromatic heterocycles. The first kappa shape index (κ1) is 22.6. The van der Waals surface area contributed by atoms with Crippen molar-refractivity contribution in [3.8, 4) is 22.8 Å². The van der Waals surface area contributed by atoms with Gasteiger partial charge < -0.3 is 9.64 Å². The number of aryl methyl sites for hydroxylation is 1. The van der Waals surface area contributed by atoms with E-state index in [4.69, 9.17) is 4.74 Å². The number of fused-ring (bicyclic) bond motifs is 1. The zero-order chi connectivity index (χ0) is 24.5. The summed E-state index contributed by atoms with van der Waals surface area (Å²) >= 11 is 0. The minimum Gasteiger partial charge on any atom is -0.435 e. The maximum absolute atomic E-state index is 14.3. The molecular weight excluding hydrogens is 455 g/mol. The lowest BCUT2D eigenvalue weighted by atomic mass is 10.0. The second-order valence-corrected chi connectivity index (χ2v) is 8.29. The molecule has 35 heavy (non-hydrogen) atoms. The quantitative estimate of drug-likeness (QED) is 0.320. The molecule has 0 unspecified atom stereocenters. The number of hydrogen-bond acceptors (Lipinski definition) is 4. The molecule has 0 aliphatic carbocycles. The van der Waals surface area contributed by atoms with Gasteiger partial charge in [0.25, 0.3) is 12.3 Å². The Morgan fingerprint density at radius 2 is 1.74 bits per heavy atom. The molecule has 1 aliphatic heterocycles. The summed E-state index contributed by atoms with van der Waals surface area (Å²) < 4.78 is 45.5. The highest BCUT2D eigenvalue weighted by Gasteiger charge is 2.32. The van der Waals surface area contributed by atoms with Crippen molar-refractivity contribution >= 4 is 5.91 Å². The largest absolute Gasteiger partial charge is 0.435 e. The predicted octanol–water partition coefficient (Wildman–Crippen LogP) is 6.48. The maximum Gasteiger partial charge on any atom is 0.263 e. The molecule has 0 fully saturated rings. The van der Waals surface area contributed by atoms with Gasteiger partial charge >= 0.3 is 0 Å². The fourth-order valence-electron chi connectivity index (χ4n) is 4.07. The smallest absolute Gasteiger partial charge is 0.263 e. The Kier molecular flexibility index (Phi) is 5.94. The van der Waals surface area contributed by atoms with Crippen LogP contribution in [0.2, 0.25) is 0 Å². The van der Waals surface area contributed by atoms with E-state index in [9.17, 15) is 18.0 Å². The lowest BCUT2D eigenvalue weighted by Gasteiger charge is -2.16.